The number of halogens is 3. The normalized spacial score (nSPS) is 12.8. The summed E-state index contributed by atoms with van der Waals surface area (Å²) < 4.78 is 3.69. The lowest BCUT2D eigenvalue weighted by Crippen LogP contribution is -2.16. The predicted molar refractivity (Wildman–Crippen MR) is 81.1 cm³/mol. The van der Waals surface area contributed by atoms with Crippen molar-refractivity contribution >= 4 is 50.1 Å². The van der Waals surface area contributed by atoms with Crippen LogP contribution in [0.2, 0.25) is 5.02 Å². The monoisotopic (exact) mass is 425 g/mol. The van der Waals surface area contributed by atoms with Crippen molar-refractivity contribution in [2.75, 3.05) is 0 Å². The van der Waals surface area contributed by atoms with E-state index in [-0.39, 0.29) is 6.04 Å². The Morgan fingerprint density at radius 3 is 2.76 bits per heavy atom. The molecule has 1 atom stereocenters. The fourth-order valence-electron chi connectivity index (χ4n) is 1.63. The van der Waals surface area contributed by atoms with Crippen LogP contribution in [-0.4, -0.2) is 9.78 Å². The second kappa shape index (κ2) is 5.26. The highest BCUT2D eigenvalue weighted by molar-refractivity contribution is 14.1. The van der Waals surface area contributed by atoms with Crippen LogP contribution in [0.1, 0.15) is 17.3 Å². The van der Waals surface area contributed by atoms with Crippen molar-refractivity contribution in [3.8, 4) is 0 Å². The average molecular weight is 426 g/mol. The number of aryl methyl sites for hydroxylation is 1. The minimum atomic E-state index is -0.244. The van der Waals surface area contributed by atoms with Gasteiger partial charge >= 0.3 is 0 Å². The van der Waals surface area contributed by atoms with E-state index in [0.29, 0.717) is 0 Å². The van der Waals surface area contributed by atoms with Gasteiger partial charge in [-0.15, -0.1) is 0 Å². The number of aromatic nitrogens is 2. The van der Waals surface area contributed by atoms with E-state index in [1.54, 1.807) is 10.9 Å². The van der Waals surface area contributed by atoms with Crippen LogP contribution in [0.25, 0.3) is 0 Å². The molecule has 2 N–H and O–H groups in total. The van der Waals surface area contributed by atoms with Crippen molar-refractivity contribution in [3.63, 3.8) is 0 Å². The van der Waals surface area contributed by atoms with E-state index in [9.17, 15) is 0 Å². The summed E-state index contributed by atoms with van der Waals surface area (Å²) in [5.41, 5.74) is 8.13. The Hall–Kier alpha value is -0.110. The first-order chi connectivity index (χ1) is 8.00. The molecule has 0 bridgehead atoms. The molecule has 0 aliphatic rings. The number of nitrogens with zero attached hydrogens (tertiary/aromatic N) is 2. The van der Waals surface area contributed by atoms with Crippen molar-refractivity contribution in [1.29, 1.82) is 0 Å². The molecule has 3 nitrogen and oxygen atoms in total. The Labute approximate surface area is 127 Å². The van der Waals surface area contributed by atoms with Crippen molar-refractivity contribution < 1.29 is 0 Å². The number of hydrogen-bond acceptors (Lipinski definition) is 2. The largest absolute Gasteiger partial charge is 0.319 e. The Bertz CT molecular complexity index is 536. The molecule has 0 saturated carbocycles. The van der Waals surface area contributed by atoms with Crippen molar-refractivity contribution in [2.45, 2.75) is 6.04 Å². The first-order valence-electron chi connectivity index (χ1n) is 4.88. The van der Waals surface area contributed by atoms with E-state index in [1.807, 2.05) is 25.2 Å². The maximum Gasteiger partial charge on any atom is 0.0735 e. The lowest BCUT2D eigenvalue weighted by Gasteiger charge is -2.14. The molecule has 0 spiro atoms. The van der Waals surface area contributed by atoms with Gasteiger partial charge in [0.05, 0.1) is 27.4 Å². The molecular formula is C11H10BrClIN3. The first-order valence-corrected chi connectivity index (χ1v) is 7.13. The van der Waals surface area contributed by atoms with E-state index in [0.717, 1.165) is 24.3 Å². The van der Waals surface area contributed by atoms with Crippen molar-refractivity contribution in [3.05, 3.63) is 48.7 Å². The number of nitrogens with two attached hydrogens (primary N) is 1. The summed E-state index contributed by atoms with van der Waals surface area (Å²) in [4.78, 5) is 0. The standard InChI is InChI=1S/C11H10BrClIN3/c1-17-11(7(12)5-16-17)10(15)6-2-3-9(14)8(13)4-6/h2-5,10H,15H2,1H3. The third-order valence-corrected chi connectivity index (χ3v) is 4.72. The van der Waals surface area contributed by atoms with Gasteiger partial charge < -0.3 is 5.73 Å². The van der Waals surface area contributed by atoms with Gasteiger partial charge in [-0.25, -0.2) is 0 Å². The maximum atomic E-state index is 6.23. The third kappa shape index (κ3) is 2.67. The molecule has 1 heterocycles. The fraction of sp³-hybridized carbons (Fsp3) is 0.182. The summed E-state index contributed by atoms with van der Waals surface area (Å²) in [6, 6.07) is 5.60. The smallest absolute Gasteiger partial charge is 0.0735 e. The lowest BCUT2D eigenvalue weighted by atomic mass is 10.1. The average Bonchev–Trinajstić information content (AvgIpc) is 2.62. The third-order valence-electron chi connectivity index (χ3n) is 2.53. The summed E-state index contributed by atoms with van der Waals surface area (Å²) in [6.45, 7) is 0. The van der Waals surface area contributed by atoms with Gasteiger partial charge in [0.2, 0.25) is 0 Å². The van der Waals surface area contributed by atoms with Crippen LogP contribution in [0.4, 0.5) is 0 Å². The molecule has 0 aliphatic heterocycles. The molecule has 0 radical (unpaired) electrons. The van der Waals surface area contributed by atoms with Gasteiger partial charge in [0.15, 0.2) is 0 Å². The topological polar surface area (TPSA) is 43.8 Å². The second-order valence-electron chi connectivity index (χ2n) is 3.65. The highest BCUT2D eigenvalue weighted by Crippen LogP contribution is 2.29. The predicted octanol–water partition coefficient (Wildman–Crippen LogP) is 3.49. The molecule has 90 valence electrons. The molecule has 1 unspecified atom stereocenters. The van der Waals surface area contributed by atoms with Crippen LogP contribution in [0.15, 0.2) is 28.9 Å². The van der Waals surface area contributed by atoms with E-state index in [2.05, 4.69) is 43.6 Å². The Kier molecular flexibility index (Phi) is 4.12. The van der Waals surface area contributed by atoms with E-state index in [4.69, 9.17) is 17.3 Å². The summed E-state index contributed by atoms with van der Waals surface area (Å²) in [7, 11) is 1.87. The van der Waals surface area contributed by atoms with Crippen LogP contribution in [0.5, 0.6) is 0 Å². The van der Waals surface area contributed by atoms with Crippen LogP contribution >= 0.6 is 50.1 Å². The Balaban J connectivity index is 2.43. The van der Waals surface area contributed by atoms with E-state index in [1.165, 1.54) is 0 Å². The van der Waals surface area contributed by atoms with Crippen LogP contribution in [0.3, 0.4) is 0 Å². The first kappa shape index (κ1) is 13.3. The number of benzene rings is 1. The Morgan fingerprint density at radius 1 is 1.53 bits per heavy atom. The zero-order chi connectivity index (χ0) is 12.6. The lowest BCUT2D eigenvalue weighted by molar-refractivity contribution is 0.671. The highest BCUT2D eigenvalue weighted by atomic mass is 127. The molecular weight excluding hydrogens is 416 g/mol. The van der Waals surface area contributed by atoms with Gasteiger partial charge in [-0.3, -0.25) is 4.68 Å². The van der Waals surface area contributed by atoms with E-state index < -0.39 is 0 Å². The van der Waals surface area contributed by atoms with Crippen LogP contribution in [-0.2, 0) is 7.05 Å². The van der Waals surface area contributed by atoms with Crippen molar-refractivity contribution in [2.24, 2.45) is 12.8 Å². The fourth-order valence-corrected chi connectivity index (χ4v) is 2.75. The molecule has 0 fully saturated rings. The van der Waals surface area contributed by atoms with Crippen LogP contribution < -0.4 is 5.73 Å². The molecule has 0 amide bonds. The quantitative estimate of drug-likeness (QED) is 0.748. The SMILES string of the molecule is Cn1ncc(Br)c1C(N)c1ccc(I)c(Cl)c1. The molecule has 6 heteroatoms. The molecule has 0 aliphatic carbocycles. The van der Waals surface area contributed by atoms with Crippen LogP contribution in [0, 0.1) is 3.57 Å². The van der Waals surface area contributed by atoms with Gasteiger partial charge in [-0.05, 0) is 56.2 Å². The zero-order valence-corrected chi connectivity index (χ0v) is 13.5. The van der Waals surface area contributed by atoms with Gasteiger partial charge in [0, 0.05) is 10.6 Å². The van der Waals surface area contributed by atoms with Gasteiger partial charge in [0.25, 0.3) is 0 Å². The molecule has 17 heavy (non-hydrogen) atoms. The number of hydrogen-bond donors (Lipinski definition) is 1. The highest BCUT2D eigenvalue weighted by Gasteiger charge is 2.17. The molecule has 2 rings (SSSR count). The zero-order valence-electron chi connectivity index (χ0n) is 8.99. The number of rotatable bonds is 2. The summed E-state index contributed by atoms with van der Waals surface area (Å²) in [5, 5.41) is 4.88. The van der Waals surface area contributed by atoms with Gasteiger partial charge in [0.1, 0.15) is 0 Å². The van der Waals surface area contributed by atoms with Gasteiger partial charge in [-0.1, -0.05) is 17.7 Å². The molecule has 1 aromatic carbocycles. The van der Waals surface area contributed by atoms with Crippen molar-refractivity contribution in [1.82, 2.24) is 9.78 Å². The summed E-state index contributed by atoms with van der Waals surface area (Å²) in [5.74, 6) is 0. The minimum absolute atomic E-state index is 0.244. The van der Waals surface area contributed by atoms with Gasteiger partial charge in [-0.2, -0.15) is 5.10 Å². The summed E-state index contributed by atoms with van der Waals surface area (Å²) in [6.07, 6.45) is 1.74. The molecule has 2 aromatic rings. The second-order valence-corrected chi connectivity index (χ2v) is 6.08. The molecule has 1 aromatic heterocycles. The van der Waals surface area contributed by atoms with E-state index >= 15 is 0 Å². The Morgan fingerprint density at radius 2 is 2.24 bits per heavy atom. The summed E-state index contributed by atoms with van der Waals surface area (Å²) >= 11 is 11.7. The maximum absolute atomic E-state index is 6.23. The molecule has 0 saturated heterocycles. The minimum Gasteiger partial charge on any atom is -0.319 e.